The first-order valence-electron chi connectivity index (χ1n) is 11.3. The Balaban J connectivity index is 0.00000306. The molecule has 172 valence electrons. The molecular weight excluding hydrogens is 636 g/mol. The summed E-state index contributed by atoms with van der Waals surface area (Å²) < 4.78 is 7.32. The molecule has 1 aliphatic heterocycles. The maximum atomic E-state index is 5.55. The van der Waals surface area contributed by atoms with Crippen molar-refractivity contribution in [1.29, 1.82) is 0 Å². The van der Waals surface area contributed by atoms with Crippen LogP contribution in [0.3, 0.4) is 0 Å². The van der Waals surface area contributed by atoms with E-state index in [2.05, 4.69) is 75.0 Å². The Morgan fingerprint density at radius 3 is 2.64 bits per heavy atom. The van der Waals surface area contributed by atoms with E-state index in [0.717, 1.165) is 53.3 Å². The van der Waals surface area contributed by atoms with Crippen LogP contribution in [0, 0.1) is 57.8 Å². The maximum Gasteiger partial charge on any atom is 0.251 e. The number of benzene rings is 1. The Hall–Kier alpha value is -2.07. The first-order valence-corrected chi connectivity index (χ1v) is 11.3. The van der Waals surface area contributed by atoms with Gasteiger partial charge < -0.3 is 9.64 Å². The van der Waals surface area contributed by atoms with Gasteiger partial charge in [0.1, 0.15) is 5.82 Å². The van der Waals surface area contributed by atoms with Gasteiger partial charge in [-0.1, -0.05) is 56.0 Å². The van der Waals surface area contributed by atoms with Crippen molar-refractivity contribution < 1.29 is 35.9 Å². The topological polar surface area (TPSA) is 56.1 Å². The van der Waals surface area contributed by atoms with E-state index in [9.17, 15) is 0 Å². The van der Waals surface area contributed by atoms with Crippen LogP contribution in [0.2, 0.25) is 0 Å². The van der Waals surface area contributed by atoms with E-state index in [1.807, 2.05) is 12.4 Å². The fraction of sp³-hybridized carbons (Fsp3) is 0.385. The molecule has 1 saturated heterocycles. The van der Waals surface area contributed by atoms with Crippen LogP contribution in [0.15, 0.2) is 42.2 Å². The van der Waals surface area contributed by atoms with Crippen molar-refractivity contribution in [3.05, 3.63) is 66.0 Å². The molecule has 1 aliphatic rings. The molecule has 0 aliphatic carbocycles. The van der Waals surface area contributed by atoms with Crippen LogP contribution >= 0.6 is 0 Å². The molecule has 6 nitrogen and oxygen atoms in total. The normalized spacial score (nSPS) is 15.3. The third kappa shape index (κ3) is 5.90. The minimum Gasteiger partial charge on any atom is -0.378 e. The average molecular weight is 669 g/mol. The summed E-state index contributed by atoms with van der Waals surface area (Å²) in [5.74, 6) is 1.91. The van der Waals surface area contributed by atoms with Crippen LogP contribution in [0.25, 0.3) is 23.2 Å². The van der Waals surface area contributed by atoms with Crippen molar-refractivity contribution in [3.63, 3.8) is 0 Å². The number of morpholine rings is 1. The van der Waals surface area contributed by atoms with Crippen molar-refractivity contribution >= 4 is 11.9 Å². The van der Waals surface area contributed by atoms with Gasteiger partial charge in [-0.15, -0.1) is 0 Å². The maximum absolute atomic E-state index is 5.55. The second kappa shape index (κ2) is 11.4. The van der Waals surface area contributed by atoms with Gasteiger partial charge in [-0.25, -0.2) is 22.2 Å². The Kier molecular flexibility index (Phi) is 8.81. The van der Waals surface area contributed by atoms with Crippen molar-refractivity contribution in [2.45, 2.75) is 34.1 Å². The Morgan fingerprint density at radius 1 is 1.18 bits per heavy atom. The number of nitrogens with zero attached hydrogens (tertiary/aromatic N) is 5. The molecule has 1 fully saturated rings. The average Bonchev–Trinajstić information content (AvgIpc) is 3.31. The minimum atomic E-state index is 0. The molecule has 1 atom stereocenters. The second-order valence-electron chi connectivity index (χ2n) is 8.53. The number of hydrogen-bond donors (Lipinski definition) is 0. The van der Waals surface area contributed by atoms with Crippen LogP contribution < -0.4 is 4.90 Å². The van der Waals surface area contributed by atoms with Crippen LogP contribution in [0.5, 0.6) is 0 Å². The quantitative estimate of drug-likeness (QED) is 0.345. The monoisotopic (exact) mass is 668 g/mol. The molecule has 0 N–H and O–H groups in total. The van der Waals surface area contributed by atoms with Crippen molar-refractivity contribution in [2.24, 2.45) is 5.92 Å². The fourth-order valence-corrected chi connectivity index (χ4v) is 3.82. The third-order valence-electron chi connectivity index (χ3n) is 6.16. The SMILES string of the molecule is [CH2-]/C(=C/c1nc(-n2cc(-c3cccc(C)c3)cn2)nc(N2CCOCC2)c1C)C(C)CC.[U]. The molecular formula is C26H32N5OU-. The van der Waals surface area contributed by atoms with Gasteiger partial charge in [0, 0.05) is 56.0 Å². The van der Waals surface area contributed by atoms with Gasteiger partial charge in [0.05, 0.1) is 19.4 Å². The van der Waals surface area contributed by atoms with E-state index >= 15 is 0 Å². The number of ether oxygens (including phenoxy) is 1. The molecule has 0 spiro atoms. The van der Waals surface area contributed by atoms with Crippen LogP contribution in [0.4, 0.5) is 5.82 Å². The first kappa shape index (κ1) is 25.6. The summed E-state index contributed by atoms with van der Waals surface area (Å²) >= 11 is 0. The van der Waals surface area contributed by atoms with Gasteiger partial charge in [-0.2, -0.15) is 16.2 Å². The number of rotatable bonds is 6. The van der Waals surface area contributed by atoms with Crippen LogP contribution in [-0.4, -0.2) is 46.1 Å². The smallest absolute Gasteiger partial charge is 0.251 e. The number of anilines is 1. The number of aryl methyl sites for hydroxylation is 1. The van der Waals surface area contributed by atoms with Gasteiger partial charge in [0.2, 0.25) is 0 Å². The molecule has 1 unspecified atom stereocenters. The number of aromatic nitrogens is 4. The number of hydrogen-bond acceptors (Lipinski definition) is 5. The van der Waals surface area contributed by atoms with Crippen LogP contribution in [0.1, 0.15) is 37.1 Å². The first-order chi connectivity index (χ1) is 15.5. The summed E-state index contributed by atoms with van der Waals surface area (Å²) in [6, 6.07) is 8.41. The Labute approximate surface area is 220 Å². The molecule has 7 heteroatoms. The molecule has 3 aromatic rings. The van der Waals surface area contributed by atoms with Crippen molar-refractivity contribution in [1.82, 2.24) is 19.7 Å². The molecule has 33 heavy (non-hydrogen) atoms. The molecule has 3 heterocycles. The molecule has 1 aromatic carbocycles. The zero-order valence-electron chi connectivity index (χ0n) is 20.0. The van der Waals surface area contributed by atoms with Crippen molar-refractivity contribution in [2.75, 3.05) is 31.2 Å². The summed E-state index contributed by atoms with van der Waals surface area (Å²) in [7, 11) is 0. The summed E-state index contributed by atoms with van der Waals surface area (Å²) in [6.45, 7) is 15.9. The molecule has 0 saturated carbocycles. The van der Waals surface area contributed by atoms with E-state index in [1.165, 1.54) is 5.56 Å². The summed E-state index contributed by atoms with van der Waals surface area (Å²) in [5, 5.41) is 4.59. The number of allylic oxidation sites excluding steroid dienone is 1. The Morgan fingerprint density at radius 2 is 1.94 bits per heavy atom. The zero-order chi connectivity index (χ0) is 22.7. The summed E-state index contributed by atoms with van der Waals surface area (Å²) in [4.78, 5) is 12.1. The molecule has 0 bridgehead atoms. The second-order valence-corrected chi connectivity index (χ2v) is 8.53. The zero-order valence-corrected chi connectivity index (χ0v) is 24.2. The standard InChI is InChI=1S/C26H32N5O.U/c1-6-19(3)20(4)15-24-21(5)25(30-10-12-32-13-11-30)29-26(28-24)31-17-23(16-27-31)22-9-7-8-18(2)14-22;/h7-9,14-17,19H,4,6,10-13H2,1-3,5H3;/q-1;/b20-15-;. The van der Waals surface area contributed by atoms with Crippen molar-refractivity contribution in [3.8, 4) is 17.1 Å². The van der Waals surface area contributed by atoms with Gasteiger partial charge in [0.25, 0.3) is 5.95 Å². The molecule has 0 amide bonds. The van der Waals surface area contributed by atoms with Crippen LogP contribution in [-0.2, 0) is 4.74 Å². The van der Waals surface area contributed by atoms with E-state index < -0.39 is 0 Å². The Bertz CT molecular complexity index is 1120. The third-order valence-corrected chi connectivity index (χ3v) is 6.16. The van der Waals surface area contributed by atoms with E-state index in [1.54, 1.807) is 4.68 Å². The summed E-state index contributed by atoms with van der Waals surface area (Å²) in [6.07, 6.45) is 7.01. The predicted molar refractivity (Wildman–Crippen MR) is 130 cm³/mol. The largest absolute Gasteiger partial charge is 0.378 e. The predicted octanol–water partition coefficient (Wildman–Crippen LogP) is 5.05. The van der Waals surface area contributed by atoms with Gasteiger partial charge >= 0.3 is 0 Å². The molecule has 4 rings (SSSR count). The van der Waals surface area contributed by atoms with Gasteiger partial charge in [0.15, 0.2) is 0 Å². The molecule has 0 radical (unpaired) electrons. The van der Waals surface area contributed by atoms with Gasteiger partial charge in [-0.3, -0.25) is 0 Å². The van der Waals surface area contributed by atoms with E-state index in [-0.39, 0.29) is 31.1 Å². The molecule has 2 aromatic heterocycles. The van der Waals surface area contributed by atoms with Gasteiger partial charge in [-0.05, 0) is 30.7 Å². The van der Waals surface area contributed by atoms with E-state index in [4.69, 9.17) is 14.7 Å². The summed E-state index contributed by atoms with van der Waals surface area (Å²) in [5.41, 5.74) is 6.43. The minimum absolute atomic E-state index is 0. The fourth-order valence-electron chi connectivity index (χ4n) is 3.82. The van der Waals surface area contributed by atoms with E-state index in [0.29, 0.717) is 25.1 Å².